The molecule has 3 aromatic heterocycles. The highest BCUT2D eigenvalue weighted by molar-refractivity contribution is 9.10. The largest absolute Gasteiger partial charge is 0.480 e. The van der Waals surface area contributed by atoms with Gasteiger partial charge in [-0.15, -0.1) is 0 Å². The van der Waals surface area contributed by atoms with Crippen LogP contribution in [0.15, 0.2) is 172 Å². The minimum absolute atomic E-state index is 0.0209. The van der Waals surface area contributed by atoms with Crippen molar-refractivity contribution in [3.63, 3.8) is 0 Å². The fourth-order valence-electron chi connectivity index (χ4n) is 13.5. The number of halogens is 2. The van der Waals surface area contributed by atoms with Crippen LogP contribution in [0.25, 0.3) is 32.7 Å². The predicted molar refractivity (Wildman–Crippen MR) is 566 cm³/mol. The second kappa shape index (κ2) is 52.0. The Balaban J connectivity index is 0.000000296. The maximum Gasteiger partial charge on any atom is 0.424 e. The number of nitrogens with two attached hydrogens (primary N) is 1. The Kier molecular flexibility index (Phi) is 43.2. The zero-order valence-electron chi connectivity index (χ0n) is 91.2. The number of fused-ring (bicyclic) bond motifs is 4. The fourth-order valence-corrected chi connectivity index (χ4v) is 14.2. The van der Waals surface area contributed by atoms with Gasteiger partial charge in [-0.1, -0.05) is 142 Å². The van der Waals surface area contributed by atoms with Crippen molar-refractivity contribution in [2.45, 2.75) is 347 Å². The van der Waals surface area contributed by atoms with Crippen LogP contribution in [-0.2, 0) is 154 Å². The van der Waals surface area contributed by atoms with Gasteiger partial charge in [-0.2, -0.15) is 30.0 Å². The number of aliphatic carboxylic acids is 2. The van der Waals surface area contributed by atoms with E-state index in [1.807, 2.05) is 75.4 Å². The molecule has 0 radical (unpaired) electrons. The van der Waals surface area contributed by atoms with Crippen molar-refractivity contribution >= 4 is 155 Å². The van der Waals surface area contributed by atoms with Crippen molar-refractivity contribution in [1.29, 1.82) is 0 Å². The van der Waals surface area contributed by atoms with Crippen LogP contribution in [0, 0.1) is 0 Å². The van der Waals surface area contributed by atoms with Crippen molar-refractivity contribution in [3.05, 3.63) is 206 Å². The Hall–Kier alpha value is -14.0. The molecule has 0 spiro atoms. The van der Waals surface area contributed by atoms with Gasteiger partial charge in [-0.3, -0.25) is 43.0 Å². The van der Waals surface area contributed by atoms with E-state index in [4.69, 9.17) is 67.7 Å². The second-order valence-corrected chi connectivity index (χ2v) is 46.4. The number of carboxylic acid groups (broad SMARTS) is 2. The van der Waals surface area contributed by atoms with Crippen LogP contribution in [0.2, 0.25) is 0 Å². The third-order valence-corrected chi connectivity index (χ3v) is 20.0. The Bertz CT molecular complexity index is 6270. The molecule has 150 heavy (non-hydrogen) atoms. The molecule has 10 rings (SSSR count). The van der Waals surface area contributed by atoms with E-state index in [1.165, 1.54) is 14.0 Å². The number of ether oxygens (including phenoxy) is 12. The minimum atomic E-state index is -1.72. The second-order valence-electron chi connectivity index (χ2n) is 44.6. The number of carboxylic acids is 2. The molecule has 3 unspecified atom stereocenters. The number of carbonyl (C=O) groups is 14. The summed E-state index contributed by atoms with van der Waals surface area (Å²) in [5.74, 6) is -5.98. The molecule has 1 aliphatic rings. The van der Waals surface area contributed by atoms with Gasteiger partial charge in [-0.25, -0.2) is 43.2 Å². The van der Waals surface area contributed by atoms with Gasteiger partial charge in [0.15, 0.2) is 12.1 Å². The van der Waals surface area contributed by atoms with E-state index in [9.17, 15) is 72.2 Å². The van der Waals surface area contributed by atoms with E-state index in [1.54, 1.807) is 278 Å². The zero-order chi connectivity index (χ0) is 113. The summed E-state index contributed by atoms with van der Waals surface area (Å²) >= 11 is 6.90. The Morgan fingerprint density at radius 2 is 0.667 bits per heavy atom. The highest BCUT2D eigenvalue weighted by Crippen LogP contribution is 2.33. The zero-order valence-corrected chi connectivity index (χ0v) is 94.4. The highest BCUT2D eigenvalue weighted by Gasteiger charge is 2.45. The highest BCUT2D eigenvalue weighted by atomic mass is 79.9. The summed E-state index contributed by atoms with van der Waals surface area (Å²) in [4.78, 5) is 183. The summed E-state index contributed by atoms with van der Waals surface area (Å²) in [5, 5.41) is 34.5. The average molecular weight is 2220 g/mol. The quantitative estimate of drug-likeness (QED) is 0.0272. The summed E-state index contributed by atoms with van der Waals surface area (Å²) < 4.78 is 70.5. The van der Waals surface area contributed by atoms with Gasteiger partial charge in [0.05, 0.1) is 91.2 Å². The molecular formula is C109H143Br2N11O28. The van der Waals surface area contributed by atoms with Gasteiger partial charge in [0.2, 0.25) is 0 Å². The lowest BCUT2D eigenvalue weighted by molar-refractivity contribution is -0.155. The van der Waals surface area contributed by atoms with Gasteiger partial charge in [0, 0.05) is 30.7 Å². The van der Waals surface area contributed by atoms with Gasteiger partial charge in [-0.05, 0) is 267 Å². The molecule has 0 fully saturated rings. The predicted octanol–water partition coefficient (Wildman–Crippen LogP) is 20.7. The van der Waals surface area contributed by atoms with Crippen LogP contribution in [-0.4, -0.2) is 218 Å². The number of hydrogen-bond donors (Lipinski definition) is 3. The third-order valence-electron chi connectivity index (χ3n) is 19.0. The summed E-state index contributed by atoms with van der Waals surface area (Å²) in [5.41, 5.74) is 4.51. The summed E-state index contributed by atoms with van der Waals surface area (Å²) in [6.45, 7) is 54.1. The number of aliphatic imine (C=N–C) groups is 1. The lowest BCUT2D eigenvalue weighted by atomic mass is 10.0. The molecule has 6 aromatic carbocycles. The molecule has 0 bridgehead atoms. The maximum absolute atomic E-state index is 13.8. The van der Waals surface area contributed by atoms with Crippen LogP contribution in [0.5, 0.6) is 0 Å². The number of para-hydroxylation sites is 2. The van der Waals surface area contributed by atoms with Crippen LogP contribution in [0.4, 0.5) is 28.8 Å². The van der Waals surface area contributed by atoms with E-state index in [-0.39, 0.29) is 63.9 Å². The fraction of sp³-hybridized carbons (Fsp3) is 0.486. The van der Waals surface area contributed by atoms with Crippen LogP contribution in [0.3, 0.4) is 0 Å². The van der Waals surface area contributed by atoms with E-state index in [2.05, 4.69) is 58.7 Å². The van der Waals surface area contributed by atoms with Crippen LogP contribution < -0.4 is 5.73 Å². The van der Waals surface area contributed by atoms with Crippen molar-refractivity contribution in [1.82, 2.24) is 44.0 Å². The molecule has 0 saturated heterocycles. The monoisotopic (exact) mass is 2210 g/mol. The topological polar surface area (TPSA) is 492 Å². The normalized spacial score (nSPS) is 12.8. The number of amides is 6. The van der Waals surface area contributed by atoms with Crippen molar-refractivity contribution in [2.24, 2.45) is 10.7 Å². The van der Waals surface area contributed by atoms with Gasteiger partial charge in [0.25, 0.3) is 0 Å². The van der Waals surface area contributed by atoms with Crippen molar-refractivity contribution in [2.75, 3.05) is 0 Å². The number of imide groups is 3. The van der Waals surface area contributed by atoms with E-state index < -0.39 is 159 Å². The molecule has 4 N–H and O–H groups in total. The number of carbonyl (C=O) groups excluding carboxylic acids is 12. The molecule has 1 aliphatic heterocycles. The lowest BCUT2D eigenvalue weighted by Gasteiger charge is -2.32. The molecule has 6 amide bonds. The minimum Gasteiger partial charge on any atom is -0.480 e. The molecule has 0 saturated carbocycles. The van der Waals surface area contributed by atoms with E-state index >= 15 is 0 Å². The standard InChI is InChI=1S/C33H42BrN3O8.C26H37N3O8.C20H27NO6.C16H21N3O4.C14H16BrNO2/c1-31(2,3)43-27(38)18-24-23-17-22(34)15-16-25(23)36(35-24)19-26(28(39)42-20-21-13-11-10-12-14-21)37(29(40)44-32(4,5)6)30(41)45-33(7,8)9;1-24(2,3)35-20(30)14-17-16-12-10-11-13-18(16)28(27-17)15-19(21(31)32)29(22(33)36-25(4,5)6)23(34)37-26(7,8)9;1-14(16(22)25-13-15-11-9-8-10-12-15)21(17(23)26-19(2,3)4)18(24)27-20(5,6)7;1-16(2,3)23-14(20)8-12-10-6-4-5-7-13(10)19(18-12)9-11(17)15(21)22;1-14(2,3)18-13(17)7-12-11-6-10(15)5-4-9(11)8-16-12/h10-17,26H,18-20H2,1-9H3;10-13,19H,14-15H2,1-9H3,(H,31,32);8-12H,1,13H2,2-7H3;4-7,11H,8-9,17H2,1-3H3,(H,21,22);4-6H,7-8H2,1-3H3. The number of benzene rings is 6. The molecular weight excluding hydrogens is 2070 g/mol. The first-order valence-electron chi connectivity index (χ1n) is 48.1. The van der Waals surface area contributed by atoms with Gasteiger partial charge < -0.3 is 72.8 Å². The molecule has 9 aromatic rings. The van der Waals surface area contributed by atoms with E-state index in [0.717, 1.165) is 42.3 Å². The first-order valence-corrected chi connectivity index (χ1v) is 49.7. The third kappa shape index (κ3) is 42.9. The average Bonchev–Trinajstić information content (AvgIpc) is 1.64. The smallest absolute Gasteiger partial charge is 0.424 e. The SMILES string of the molecule is C=C(C(=O)OCc1ccccc1)N(C(=O)OC(C)(C)C)C(=O)OC(C)(C)C.CC(C)(C)OC(=O)CC1=NCc2ccc(Br)cc21.CC(C)(C)OC(=O)Cc1nn(CC(C(=O)O)N(C(=O)OC(C)(C)C)C(=O)OC(C)(C)C)c2ccccc12.CC(C)(C)OC(=O)Cc1nn(CC(C(=O)OCc2ccccc2)N(C(=O)OC(C)(C)C)C(=O)OC(C)(C)C)c2ccc(Br)cc12.CC(C)(C)OC(=O)Cc1nn(CC(N)C(=O)O)c2ccccc12. The maximum atomic E-state index is 13.8. The van der Waals surface area contributed by atoms with Crippen molar-refractivity contribution < 1.29 is 134 Å². The lowest BCUT2D eigenvalue weighted by Crippen LogP contribution is -2.54. The first kappa shape index (κ1) is 125. The Morgan fingerprint density at radius 1 is 0.360 bits per heavy atom. The number of aromatic nitrogens is 6. The summed E-state index contributed by atoms with van der Waals surface area (Å²) in [7, 11) is 0. The van der Waals surface area contributed by atoms with Crippen LogP contribution in [0.1, 0.15) is 253 Å². The molecule has 4 heterocycles. The van der Waals surface area contributed by atoms with Crippen LogP contribution >= 0.6 is 31.9 Å². The molecule has 41 heteroatoms. The summed E-state index contributed by atoms with van der Waals surface area (Å²) in [6, 6.07) is 39.2. The molecule has 39 nitrogen and oxygen atoms in total. The van der Waals surface area contributed by atoms with Gasteiger partial charge in [0.1, 0.15) is 81.0 Å². The van der Waals surface area contributed by atoms with Gasteiger partial charge >= 0.3 is 84.3 Å². The van der Waals surface area contributed by atoms with E-state index in [0.29, 0.717) is 65.7 Å². The summed E-state index contributed by atoms with van der Waals surface area (Å²) in [6.07, 6.45) is -6.70. The number of nitrogens with zero attached hydrogens (tertiary/aromatic N) is 10. The Morgan fingerprint density at radius 3 is 1.03 bits per heavy atom. The first-order chi connectivity index (χ1) is 68.8. The number of rotatable bonds is 25. The number of esters is 6. The molecule has 816 valence electrons. The number of hydrogen-bond acceptors (Lipinski definition) is 31. The Labute approximate surface area is 891 Å². The van der Waals surface area contributed by atoms with Crippen molar-refractivity contribution in [3.8, 4) is 0 Å². The molecule has 3 atom stereocenters. The molecule has 0 aliphatic carbocycles.